The molecule has 0 unspecified atom stereocenters. The summed E-state index contributed by atoms with van der Waals surface area (Å²) in [7, 11) is 0. The van der Waals surface area contributed by atoms with E-state index in [4.69, 9.17) is 27.1 Å². The van der Waals surface area contributed by atoms with E-state index in [1.165, 1.54) is 0 Å². The van der Waals surface area contributed by atoms with Crippen molar-refractivity contribution in [3.05, 3.63) is 52.5 Å². The Morgan fingerprint density at radius 2 is 2.07 bits per heavy atom. The zero-order valence-corrected chi connectivity index (χ0v) is 17.0. The first-order chi connectivity index (χ1) is 13.9. The maximum atomic E-state index is 12.9. The molecule has 1 aromatic heterocycles. The summed E-state index contributed by atoms with van der Waals surface area (Å²) in [5, 5.41) is 7.07. The van der Waals surface area contributed by atoms with Crippen LogP contribution in [0.1, 0.15) is 57.6 Å². The molecule has 0 atom stereocenters. The molecule has 1 heterocycles. The van der Waals surface area contributed by atoms with Gasteiger partial charge in [-0.3, -0.25) is 10.2 Å². The van der Waals surface area contributed by atoms with Gasteiger partial charge >= 0.3 is 5.97 Å². The summed E-state index contributed by atoms with van der Waals surface area (Å²) in [6.07, 6.45) is 2.26. The van der Waals surface area contributed by atoms with Gasteiger partial charge in [-0.2, -0.15) is 5.10 Å². The van der Waals surface area contributed by atoms with Crippen molar-refractivity contribution in [1.82, 2.24) is 5.43 Å². The van der Waals surface area contributed by atoms with Crippen LogP contribution in [0, 0.1) is 6.92 Å². The largest absolute Gasteiger partial charge is 0.462 e. The van der Waals surface area contributed by atoms with Crippen LogP contribution in [0.25, 0.3) is 0 Å². The number of fused-ring (bicyclic) bond motifs is 1. The molecule has 0 fully saturated rings. The fourth-order valence-electron chi connectivity index (χ4n) is 3.28. The lowest BCUT2D eigenvalue weighted by molar-refractivity contribution is 0.0527. The molecule has 0 saturated carbocycles. The fourth-order valence-corrected chi connectivity index (χ4v) is 3.32. The molecule has 0 saturated heterocycles. The van der Waals surface area contributed by atoms with Gasteiger partial charge in [-0.25, -0.2) is 4.79 Å². The normalized spacial score (nSPS) is 14.2. The third-order valence-electron chi connectivity index (χ3n) is 4.50. The Balaban J connectivity index is 1.90. The number of hydrogen-bond acceptors (Lipinski definition) is 6. The highest BCUT2D eigenvalue weighted by Crippen LogP contribution is 2.30. The molecular weight excluding hydrogens is 392 g/mol. The lowest BCUT2D eigenvalue weighted by Crippen LogP contribution is -2.26. The highest BCUT2D eigenvalue weighted by atomic mass is 32.1. The van der Waals surface area contributed by atoms with E-state index >= 15 is 0 Å². The molecule has 9 heteroatoms. The number of carbonyl (C=O) groups is 2. The first-order valence-corrected chi connectivity index (χ1v) is 9.65. The number of furan rings is 1. The molecule has 1 aliphatic rings. The Hall–Kier alpha value is -3.20. The molecule has 8 nitrogen and oxygen atoms in total. The molecule has 4 N–H and O–H groups in total. The Morgan fingerprint density at radius 1 is 1.31 bits per heavy atom. The number of thiocarbonyl (C=S) groups is 1. The van der Waals surface area contributed by atoms with Crippen molar-refractivity contribution in [2.24, 2.45) is 10.8 Å². The second-order valence-corrected chi connectivity index (χ2v) is 6.90. The summed E-state index contributed by atoms with van der Waals surface area (Å²) in [4.78, 5) is 25.0. The van der Waals surface area contributed by atoms with Crippen molar-refractivity contribution in [3.63, 3.8) is 0 Å². The molecule has 0 bridgehead atoms. The van der Waals surface area contributed by atoms with E-state index in [0.29, 0.717) is 23.4 Å². The second-order valence-electron chi connectivity index (χ2n) is 6.46. The number of amides is 1. The van der Waals surface area contributed by atoms with Crippen LogP contribution >= 0.6 is 12.2 Å². The summed E-state index contributed by atoms with van der Waals surface area (Å²) in [5.74, 6) is -0.0768. The number of esters is 1. The number of benzene rings is 1. The molecule has 0 aliphatic heterocycles. The van der Waals surface area contributed by atoms with Gasteiger partial charge in [0.25, 0.3) is 5.91 Å². The quantitative estimate of drug-likeness (QED) is 0.391. The minimum atomic E-state index is -0.503. The number of hydrazone groups is 1. The van der Waals surface area contributed by atoms with E-state index in [1.54, 1.807) is 38.1 Å². The van der Waals surface area contributed by atoms with Gasteiger partial charge in [-0.1, -0.05) is 12.1 Å². The van der Waals surface area contributed by atoms with Gasteiger partial charge in [0.2, 0.25) is 0 Å². The number of ether oxygens (including phenoxy) is 1. The van der Waals surface area contributed by atoms with Gasteiger partial charge in [0.05, 0.1) is 23.6 Å². The van der Waals surface area contributed by atoms with Gasteiger partial charge in [0.15, 0.2) is 10.9 Å². The number of aryl methyl sites for hydroxylation is 1. The maximum Gasteiger partial charge on any atom is 0.340 e. The Morgan fingerprint density at radius 3 is 2.79 bits per heavy atom. The summed E-state index contributed by atoms with van der Waals surface area (Å²) >= 11 is 4.80. The molecular formula is C20H22N4O4S. The number of nitrogens with zero attached hydrogens (tertiary/aromatic N) is 1. The molecule has 152 valence electrons. The standard InChI is InChI=1S/C20H22N4O4S/c1-3-27-19(26)12-7-4-5-8-13(12)22-18(25)17-11(2)16-14(23-24-20(21)29)9-6-10-15(16)28-17/h4-5,7-8H,3,6,9-10H2,1-2H3,(H,22,25)(H3,21,24,29)/b23-14+. The van der Waals surface area contributed by atoms with Crippen LogP contribution in [0.2, 0.25) is 0 Å². The van der Waals surface area contributed by atoms with E-state index < -0.39 is 11.9 Å². The molecule has 1 aliphatic carbocycles. The van der Waals surface area contributed by atoms with E-state index in [1.807, 2.05) is 0 Å². The topological polar surface area (TPSA) is 119 Å². The number of hydrogen-bond donors (Lipinski definition) is 3. The van der Waals surface area contributed by atoms with E-state index in [-0.39, 0.29) is 23.0 Å². The van der Waals surface area contributed by atoms with Crippen molar-refractivity contribution in [2.45, 2.75) is 33.1 Å². The van der Waals surface area contributed by atoms with Crippen LogP contribution in [0.5, 0.6) is 0 Å². The van der Waals surface area contributed by atoms with Crippen molar-refractivity contribution in [3.8, 4) is 0 Å². The zero-order chi connectivity index (χ0) is 21.0. The predicted molar refractivity (Wildman–Crippen MR) is 113 cm³/mol. The first kappa shape index (κ1) is 20.5. The highest BCUT2D eigenvalue weighted by molar-refractivity contribution is 7.80. The van der Waals surface area contributed by atoms with Crippen LogP contribution in [-0.2, 0) is 11.2 Å². The van der Waals surface area contributed by atoms with Crippen LogP contribution in [-0.4, -0.2) is 29.3 Å². The monoisotopic (exact) mass is 414 g/mol. The van der Waals surface area contributed by atoms with Crippen molar-refractivity contribution in [1.29, 1.82) is 0 Å². The molecule has 3 rings (SSSR count). The van der Waals surface area contributed by atoms with Crippen LogP contribution < -0.4 is 16.5 Å². The summed E-state index contributed by atoms with van der Waals surface area (Å²) < 4.78 is 10.9. The van der Waals surface area contributed by atoms with Crippen LogP contribution in [0.3, 0.4) is 0 Å². The average Bonchev–Trinajstić information content (AvgIpc) is 3.04. The highest BCUT2D eigenvalue weighted by Gasteiger charge is 2.28. The van der Waals surface area contributed by atoms with Crippen molar-refractivity contribution in [2.75, 3.05) is 11.9 Å². The first-order valence-electron chi connectivity index (χ1n) is 9.24. The molecule has 0 radical (unpaired) electrons. The number of nitrogens with one attached hydrogen (secondary N) is 2. The van der Waals surface area contributed by atoms with Gasteiger partial charge in [-0.05, 0) is 51.0 Å². The predicted octanol–water partition coefficient (Wildman–Crippen LogP) is 2.89. The Labute approximate surface area is 173 Å². The Kier molecular flexibility index (Phi) is 6.28. The number of rotatable bonds is 5. The zero-order valence-electron chi connectivity index (χ0n) is 16.2. The number of carbonyl (C=O) groups excluding carboxylic acids is 2. The lowest BCUT2D eigenvalue weighted by Gasteiger charge is -2.13. The summed E-state index contributed by atoms with van der Waals surface area (Å²) in [6.45, 7) is 3.77. The minimum absolute atomic E-state index is 0.0688. The Bertz CT molecular complexity index is 996. The van der Waals surface area contributed by atoms with E-state index in [2.05, 4.69) is 15.8 Å². The number of para-hydroxylation sites is 1. The van der Waals surface area contributed by atoms with Crippen molar-refractivity contribution < 1.29 is 18.7 Å². The van der Waals surface area contributed by atoms with Gasteiger partial charge in [0.1, 0.15) is 5.76 Å². The maximum absolute atomic E-state index is 12.9. The van der Waals surface area contributed by atoms with E-state index in [9.17, 15) is 9.59 Å². The smallest absolute Gasteiger partial charge is 0.340 e. The third kappa shape index (κ3) is 4.45. The van der Waals surface area contributed by atoms with Gasteiger partial charge in [0, 0.05) is 17.5 Å². The molecule has 2 aromatic rings. The fraction of sp³-hybridized carbons (Fsp3) is 0.300. The summed E-state index contributed by atoms with van der Waals surface area (Å²) in [6, 6.07) is 6.67. The average molecular weight is 414 g/mol. The minimum Gasteiger partial charge on any atom is -0.462 e. The lowest BCUT2D eigenvalue weighted by atomic mass is 9.93. The van der Waals surface area contributed by atoms with E-state index in [0.717, 1.165) is 24.1 Å². The number of nitrogens with two attached hydrogens (primary N) is 1. The van der Waals surface area contributed by atoms with Gasteiger partial charge in [-0.15, -0.1) is 0 Å². The molecule has 1 amide bonds. The molecule has 1 aromatic carbocycles. The second kappa shape index (κ2) is 8.87. The van der Waals surface area contributed by atoms with Gasteiger partial charge < -0.3 is 20.2 Å². The van der Waals surface area contributed by atoms with Crippen molar-refractivity contribution >= 4 is 40.6 Å². The molecule has 0 spiro atoms. The summed E-state index contributed by atoms with van der Waals surface area (Å²) in [5.41, 5.74) is 10.9. The van der Waals surface area contributed by atoms with Crippen LogP contribution in [0.4, 0.5) is 5.69 Å². The van der Waals surface area contributed by atoms with Crippen LogP contribution in [0.15, 0.2) is 33.8 Å². The number of anilines is 1. The third-order valence-corrected chi connectivity index (χ3v) is 4.59. The molecule has 29 heavy (non-hydrogen) atoms. The SMILES string of the molecule is CCOC(=O)c1ccccc1NC(=O)c1oc2c(c1C)/C(=N/NC(N)=S)CCC2.